The van der Waals surface area contributed by atoms with Gasteiger partial charge in [-0.1, -0.05) is 30.3 Å². The third-order valence-electron chi connectivity index (χ3n) is 3.59. The number of carbonyl (C=O) groups excluding carboxylic acids is 2. The van der Waals surface area contributed by atoms with E-state index in [2.05, 4.69) is 14.5 Å². The Bertz CT molecular complexity index is 831. The van der Waals surface area contributed by atoms with Crippen LogP contribution in [0.2, 0.25) is 0 Å². The van der Waals surface area contributed by atoms with E-state index in [1.807, 2.05) is 30.3 Å². The Labute approximate surface area is 146 Å². The molecule has 0 aromatic heterocycles. The number of nitrogens with zero attached hydrogens (tertiary/aromatic N) is 2. The Morgan fingerprint density at radius 1 is 1.28 bits per heavy atom. The lowest BCUT2D eigenvalue weighted by molar-refractivity contribution is -0.135. The van der Waals surface area contributed by atoms with Crippen LogP contribution in [0.4, 0.5) is 0 Å². The molecular formula is C16H19N3O5S. The second-order valence-electron chi connectivity index (χ2n) is 5.43. The monoisotopic (exact) mass is 365 g/mol. The van der Waals surface area contributed by atoms with Gasteiger partial charge < -0.3 is 10.1 Å². The minimum Gasteiger partial charge on any atom is -0.465 e. The largest absolute Gasteiger partial charge is 0.465 e. The Hall–Kier alpha value is -2.68. The van der Waals surface area contributed by atoms with Crippen LogP contribution in [-0.2, 0) is 24.5 Å². The lowest BCUT2D eigenvalue weighted by Gasteiger charge is -2.23. The molecule has 1 aliphatic rings. The van der Waals surface area contributed by atoms with E-state index in [-0.39, 0.29) is 17.3 Å². The van der Waals surface area contributed by atoms with Gasteiger partial charge in [0.25, 0.3) is 0 Å². The van der Waals surface area contributed by atoms with Gasteiger partial charge in [0.05, 0.1) is 24.4 Å². The molecule has 0 saturated carbocycles. The van der Waals surface area contributed by atoms with E-state index >= 15 is 0 Å². The van der Waals surface area contributed by atoms with Gasteiger partial charge in [-0.25, -0.2) is 9.10 Å². The standard InChI is InChI=1S/C16H19N3O5S/c1-11(13-7-5-4-6-8-13)17-15(20)10-19-9-14(16(21)24-3)12(2)18-25(19,22)23/h4-9,11H,10H2,1-3H3,(H,17,20)/t11-/m0/s1. The van der Waals surface area contributed by atoms with Crippen LogP contribution in [0.3, 0.4) is 0 Å². The van der Waals surface area contributed by atoms with Crippen molar-refractivity contribution in [2.45, 2.75) is 19.9 Å². The van der Waals surface area contributed by atoms with Gasteiger partial charge in [0, 0.05) is 6.20 Å². The van der Waals surface area contributed by atoms with E-state index < -0.39 is 28.6 Å². The Kier molecular flexibility index (Phi) is 5.58. The van der Waals surface area contributed by atoms with Gasteiger partial charge in [-0.2, -0.15) is 8.42 Å². The van der Waals surface area contributed by atoms with Crippen molar-refractivity contribution in [2.24, 2.45) is 4.40 Å². The number of methoxy groups -OCH3 is 1. The van der Waals surface area contributed by atoms with Crippen LogP contribution in [0.5, 0.6) is 0 Å². The maximum Gasteiger partial charge on any atom is 0.344 e. The van der Waals surface area contributed by atoms with Gasteiger partial charge in [-0.15, -0.1) is 4.40 Å². The van der Waals surface area contributed by atoms with Gasteiger partial charge >= 0.3 is 16.2 Å². The summed E-state index contributed by atoms with van der Waals surface area (Å²) < 4.78 is 33.0. The first-order valence-corrected chi connectivity index (χ1v) is 8.87. The van der Waals surface area contributed by atoms with Gasteiger partial charge in [0.1, 0.15) is 6.54 Å². The molecule has 1 amide bonds. The quantitative estimate of drug-likeness (QED) is 0.782. The molecule has 134 valence electrons. The minimum absolute atomic E-state index is 0.0127. The van der Waals surface area contributed by atoms with Gasteiger partial charge in [-0.3, -0.25) is 4.79 Å². The summed E-state index contributed by atoms with van der Waals surface area (Å²) in [7, 11) is -2.89. The van der Waals surface area contributed by atoms with Crippen molar-refractivity contribution >= 4 is 27.8 Å². The Balaban J connectivity index is 2.13. The summed E-state index contributed by atoms with van der Waals surface area (Å²) in [6.07, 6.45) is 1.07. The zero-order chi connectivity index (χ0) is 18.6. The molecule has 0 fully saturated rings. The molecule has 1 aliphatic heterocycles. The minimum atomic E-state index is -4.07. The normalized spacial score (nSPS) is 17.2. The van der Waals surface area contributed by atoms with E-state index in [1.165, 1.54) is 14.0 Å². The van der Waals surface area contributed by atoms with Crippen molar-refractivity contribution in [2.75, 3.05) is 13.7 Å². The first-order chi connectivity index (χ1) is 11.7. The fourth-order valence-electron chi connectivity index (χ4n) is 2.27. The van der Waals surface area contributed by atoms with Crippen LogP contribution in [0.15, 0.2) is 46.5 Å². The molecule has 0 saturated heterocycles. The molecule has 1 aromatic rings. The first-order valence-electron chi connectivity index (χ1n) is 7.47. The number of esters is 1. The second kappa shape index (κ2) is 7.47. The predicted molar refractivity (Wildman–Crippen MR) is 91.8 cm³/mol. The van der Waals surface area contributed by atoms with Crippen LogP contribution in [0.1, 0.15) is 25.5 Å². The highest BCUT2D eigenvalue weighted by Gasteiger charge is 2.30. The molecule has 2 rings (SSSR count). The van der Waals surface area contributed by atoms with Crippen LogP contribution < -0.4 is 5.32 Å². The molecule has 0 radical (unpaired) electrons. The summed E-state index contributed by atoms with van der Waals surface area (Å²) in [6, 6.07) is 8.95. The van der Waals surface area contributed by atoms with Crippen molar-refractivity contribution in [1.29, 1.82) is 0 Å². The molecule has 9 heteroatoms. The first kappa shape index (κ1) is 18.7. The number of hydrogen-bond acceptors (Lipinski definition) is 5. The molecular weight excluding hydrogens is 346 g/mol. The van der Waals surface area contributed by atoms with E-state index in [1.54, 1.807) is 6.92 Å². The van der Waals surface area contributed by atoms with E-state index in [0.29, 0.717) is 0 Å². The highest BCUT2D eigenvalue weighted by atomic mass is 32.2. The van der Waals surface area contributed by atoms with Gasteiger partial charge in [-0.05, 0) is 19.4 Å². The average Bonchev–Trinajstić information content (AvgIpc) is 2.56. The fraction of sp³-hybridized carbons (Fsp3) is 0.312. The van der Waals surface area contributed by atoms with Crippen LogP contribution >= 0.6 is 0 Å². The van der Waals surface area contributed by atoms with Crippen molar-refractivity contribution in [1.82, 2.24) is 9.62 Å². The summed E-state index contributed by atoms with van der Waals surface area (Å²) >= 11 is 0. The van der Waals surface area contributed by atoms with Crippen molar-refractivity contribution in [3.8, 4) is 0 Å². The van der Waals surface area contributed by atoms with E-state index in [9.17, 15) is 18.0 Å². The number of rotatable bonds is 5. The molecule has 8 nitrogen and oxygen atoms in total. The predicted octanol–water partition coefficient (Wildman–Crippen LogP) is 0.942. The summed E-state index contributed by atoms with van der Waals surface area (Å²) in [5.41, 5.74) is 0.888. The van der Waals surface area contributed by atoms with Crippen LogP contribution in [0.25, 0.3) is 0 Å². The third-order valence-corrected chi connectivity index (χ3v) is 4.93. The number of amides is 1. The zero-order valence-electron chi connectivity index (χ0n) is 14.1. The zero-order valence-corrected chi connectivity index (χ0v) is 14.9. The lowest BCUT2D eigenvalue weighted by Crippen LogP contribution is -2.40. The smallest absolute Gasteiger partial charge is 0.344 e. The maximum atomic E-state index is 12.2. The number of ether oxygens (including phenoxy) is 1. The van der Waals surface area contributed by atoms with Crippen molar-refractivity contribution in [3.63, 3.8) is 0 Å². The molecule has 1 N–H and O–H groups in total. The topological polar surface area (TPSA) is 105 Å². The molecule has 0 bridgehead atoms. The summed E-state index contributed by atoms with van der Waals surface area (Å²) in [4.78, 5) is 23.9. The Morgan fingerprint density at radius 3 is 2.52 bits per heavy atom. The van der Waals surface area contributed by atoms with Crippen molar-refractivity contribution in [3.05, 3.63) is 47.7 Å². The maximum absolute atomic E-state index is 12.2. The third kappa shape index (κ3) is 4.44. The van der Waals surface area contributed by atoms with E-state index in [4.69, 9.17) is 0 Å². The van der Waals surface area contributed by atoms with Gasteiger partial charge in [0.15, 0.2) is 0 Å². The number of nitrogens with one attached hydrogen (secondary N) is 1. The Morgan fingerprint density at radius 2 is 1.92 bits per heavy atom. The van der Waals surface area contributed by atoms with Crippen LogP contribution in [-0.4, -0.2) is 44.0 Å². The molecule has 0 spiro atoms. The van der Waals surface area contributed by atoms with Crippen LogP contribution in [0, 0.1) is 0 Å². The highest BCUT2D eigenvalue weighted by Crippen LogP contribution is 2.17. The molecule has 1 aromatic carbocycles. The van der Waals surface area contributed by atoms with E-state index in [0.717, 1.165) is 16.1 Å². The summed E-state index contributed by atoms with van der Waals surface area (Å²) in [6.45, 7) is 2.68. The number of carbonyl (C=O) groups is 2. The molecule has 0 aliphatic carbocycles. The number of hydrogen-bond donors (Lipinski definition) is 1. The lowest BCUT2D eigenvalue weighted by atomic mass is 10.1. The number of benzene rings is 1. The fourth-order valence-corrected chi connectivity index (χ4v) is 3.34. The van der Waals surface area contributed by atoms with Crippen molar-refractivity contribution < 1.29 is 22.7 Å². The second-order valence-corrected chi connectivity index (χ2v) is 6.98. The molecule has 1 atom stereocenters. The molecule has 0 unspecified atom stereocenters. The highest BCUT2D eigenvalue weighted by molar-refractivity contribution is 7.88. The molecule has 25 heavy (non-hydrogen) atoms. The summed E-state index contributed by atoms with van der Waals surface area (Å²) in [5.74, 6) is -1.24. The molecule has 1 heterocycles. The summed E-state index contributed by atoms with van der Waals surface area (Å²) in [5, 5.41) is 2.71. The van der Waals surface area contributed by atoms with Gasteiger partial charge in [0.2, 0.25) is 5.91 Å². The SMILES string of the molecule is COC(=O)C1=CN(CC(=O)N[C@@H](C)c2ccccc2)S(=O)(=O)N=C1C. The average molecular weight is 365 g/mol.